The lowest BCUT2D eigenvalue weighted by molar-refractivity contribution is -0.384. The van der Waals surface area contributed by atoms with Crippen LogP contribution in [0.25, 0.3) is 0 Å². The van der Waals surface area contributed by atoms with Gasteiger partial charge in [-0.15, -0.1) is 0 Å². The van der Waals surface area contributed by atoms with E-state index in [0.717, 1.165) is 16.9 Å². The molecule has 0 bridgehead atoms. The summed E-state index contributed by atoms with van der Waals surface area (Å²) in [6.45, 7) is 0.352. The molecule has 0 spiro atoms. The van der Waals surface area contributed by atoms with Gasteiger partial charge in [0.15, 0.2) is 0 Å². The van der Waals surface area contributed by atoms with Crippen LogP contribution in [0.1, 0.15) is 11.6 Å². The number of benzene rings is 1. The molecule has 2 aromatic rings. The zero-order chi connectivity index (χ0) is 15.7. The topological polar surface area (TPSA) is 127 Å². The number of aromatic nitrogens is 1. The highest BCUT2D eigenvalue weighted by molar-refractivity contribution is 7.18. The molecule has 1 aromatic heterocycles. The van der Waals surface area contributed by atoms with E-state index in [2.05, 4.69) is 15.3 Å². The summed E-state index contributed by atoms with van der Waals surface area (Å²) in [6.07, 6.45) is 1.17. The summed E-state index contributed by atoms with van der Waals surface area (Å²) in [5, 5.41) is 31.0. The Morgan fingerprint density at radius 2 is 1.91 bits per heavy atom. The average Bonchev–Trinajstić information content (AvgIpc) is 3.16. The van der Waals surface area contributed by atoms with Gasteiger partial charge in [-0.1, -0.05) is 5.22 Å². The highest BCUT2D eigenvalue weighted by atomic mass is 32.1. The highest BCUT2D eigenvalue weighted by Crippen LogP contribution is 2.37. The smallest absolute Gasteiger partial charge is 0.258 e. The quantitative estimate of drug-likeness (QED) is 0.629. The molecule has 112 valence electrons. The third-order valence-corrected chi connectivity index (χ3v) is 3.99. The van der Waals surface area contributed by atoms with Crippen molar-refractivity contribution in [1.82, 2.24) is 4.98 Å². The van der Waals surface area contributed by atoms with Crippen LogP contribution in [0.15, 0.2) is 40.8 Å². The number of non-ortho nitro benzene ring substituents is 1. The summed E-state index contributed by atoms with van der Waals surface area (Å²) in [4.78, 5) is 24.4. The molecule has 0 N–H and O–H groups in total. The van der Waals surface area contributed by atoms with Crippen LogP contribution in [0, 0.1) is 20.2 Å². The van der Waals surface area contributed by atoms with Crippen molar-refractivity contribution in [3.63, 3.8) is 0 Å². The Hall–Kier alpha value is -2.95. The Morgan fingerprint density at radius 3 is 2.50 bits per heavy atom. The number of thiazole rings is 1. The van der Waals surface area contributed by atoms with E-state index >= 15 is 0 Å². The molecule has 1 aromatic carbocycles. The van der Waals surface area contributed by atoms with Gasteiger partial charge in [0.25, 0.3) is 5.69 Å². The van der Waals surface area contributed by atoms with Crippen LogP contribution in [0.4, 0.5) is 15.8 Å². The molecule has 0 fully saturated rings. The van der Waals surface area contributed by atoms with Crippen LogP contribution in [0.3, 0.4) is 0 Å². The Bertz CT molecular complexity index is 758. The van der Waals surface area contributed by atoms with E-state index in [1.165, 1.54) is 23.3 Å². The van der Waals surface area contributed by atoms with Crippen LogP contribution in [0.5, 0.6) is 0 Å². The molecular formula is C11H8N6O4S. The van der Waals surface area contributed by atoms with E-state index in [1.54, 1.807) is 12.1 Å². The monoisotopic (exact) mass is 320 g/mol. The van der Waals surface area contributed by atoms with Gasteiger partial charge < -0.3 is 0 Å². The van der Waals surface area contributed by atoms with Crippen molar-refractivity contribution in [3.8, 4) is 0 Å². The van der Waals surface area contributed by atoms with Crippen molar-refractivity contribution in [1.29, 1.82) is 0 Å². The molecule has 11 heteroatoms. The number of rotatable bonds is 4. The predicted octanol–water partition coefficient (Wildman–Crippen LogP) is 2.89. The zero-order valence-electron chi connectivity index (χ0n) is 10.9. The minimum atomic E-state index is -0.519. The van der Waals surface area contributed by atoms with Crippen molar-refractivity contribution >= 4 is 27.2 Å². The number of hydrogen-bond donors (Lipinski definition) is 0. The van der Waals surface area contributed by atoms with Crippen molar-refractivity contribution < 1.29 is 9.85 Å². The SMILES string of the molecule is O=[N+]([O-])c1ccc(C2CN=NN2c2ncc([N+](=O)[O-])s2)cc1. The van der Waals surface area contributed by atoms with Crippen LogP contribution in [0.2, 0.25) is 0 Å². The molecule has 1 unspecified atom stereocenters. The lowest BCUT2D eigenvalue weighted by atomic mass is 10.1. The van der Waals surface area contributed by atoms with Crippen molar-refractivity contribution in [2.75, 3.05) is 11.6 Å². The molecule has 2 heterocycles. The van der Waals surface area contributed by atoms with Gasteiger partial charge in [0.05, 0.1) is 16.4 Å². The molecule has 0 radical (unpaired) electrons. The first-order valence-corrected chi connectivity index (χ1v) is 6.89. The zero-order valence-corrected chi connectivity index (χ0v) is 11.7. The Balaban J connectivity index is 1.87. The van der Waals surface area contributed by atoms with E-state index in [-0.39, 0.29) is 16.7 Å². The second-order valence-electron chi connectivity index (χ2n) is 4.36. The molecule has 1 aliphatic heterocycles. The largest absolute Gasteiger partial charge is 0.345 e. The van der Waals surface area contributed by atoms with E-state index in [4.69, 9.17) is 0 Å². The fourth-order valence-electron chi connectivity index (χ4n) is 2.01. The van der Waals surface area contributed by atoms with E-state index in [1.807, 2.05) is 0 Å². The predicted molar refractivity (Wildman–Crippen MR) is 76.8 cm³/mol. The third kappa shape index (κ3) is 2.48. The third-order valence-electron chi connectivity index (χ3n) is 3.06. The molecule has 0 saturated heterocycles. The van der Waals surface area contributed by atoms with Gasteiger partial charge in [0, 0.05) is 12.1 Å². The van der Waals surface area contributed by atoms with Gasteiger partial charge in [-0.3, -0.25) is 20.2 Å². The fraction of sp³-hybridized carbons (Fsp3) is 0.182. The van der Waals surface area contributed by atoms with Crippen molar-refractivity contribution in [3.05, 3.63) is 56.3 Å². The number of nitro groups is 2. The number of nitrogens with zero attached hydrogens (tertiary/aromatic N) is 6. The molecule has 22 heavy (non-hydrogen) atoms. The number of anilines is 1. The van der Waals surface area contributed by atoms with Crippen LogP contribution in [-0.4, -0.2) is 21.4 Å². The minimum absolute atomic E-state index is 0.00735. The fourth-order valence-corrected chi connectivity index (χ4v) is 2.73. The highest BCUT2D eigenvalue weighted by Gasteiger charge is 2.29. The Labute approximate surface area is 127 Å². The lowest BCUT2D eigenvalue weighted by Crippen LogP contribution is -2.20. The first-order valence-electron chi connectivity index (χ1n) is 6.07. The van der Waals surface area contributed by atoms with E-state index < -0.39 is 9.85 Å². The van der Waals surface area contributed by atoms with Gasteiger partial charge in [0.1, 0.15) is 12.2 Å². The summed E-state index contributed by atoms with van der Waals surface area (Å²) in [5.41, 5.74) is 0.764. The second-order valence-corrected chi connectivity index (χ2v) is 5.35. The summed E-state index contributed by atoms with van der Waals surface area (Å²) < 4.78 is 0. The second kappa shape index (κ2) is 5.44. The van der Waals surface area contributed by atoms with Crippen molar-refractivity contribution in [2.45, 2.75) is 6.04 Å². The Morgan fingerprint density at radius 1 is 1.18 bits per heavy atom. The van der Waals surface area contributed by atoms with E-state index in [9.17, 15) is 20.2 Å². The number of hydrogen-bond acceptors (Lipinski definition) is 9. The van der Waals surface area contributed by atoms with Crippen molar-refractivity contribution in [2.24, 2.45) is 10.3 Å². The van der Waals surface area contributed by atoms with E-state index in [0.29, 0.717) is 11.7 Å². The first kappa shape index (κ1) is 14.0. The molecule has 0 saturated carbocycles. The van der Waals surface area contributed by atoms with Gasteiger partial charge >= 0.3 is 5.00 Å². The summed E-state index contributed by atoms with van der Waals surface area (Å²) in [5.74, 6) is 0. The molecule has 0 aliphatic carbocycles. The average molecular weight is 320 g/mol. The molecule has 0 amide bonds. The molecule has 1 atom stereocenters. The summed E-state index contributed by atoms with van der Waals surface area (Å²) >= 11 is 0.898. The molecular weight excluding hydrogens is 312 g/mol. The van der Waals surface area contributed by atoms with Crippen LogP contribution in [-0.2, 0) is 0 Å². The Kier molecular flexibility index (Phi) is 3.47. The number of nitro benzene ring substituents is 1. The minimum Gasteiger partial charge on any atom is -0.258 e. The first-order chi connectivity index (χ1) is 10.6. The van der Waals surface area contributed by atoms with Gasteiger partial charge in [0.2, 0.25) is 5.13 Å². The van der Waals surface area contributed by atoms with Gasteiger partial charge in [-0.2, -0.15) is 5.11 Å². The molecule has 3 rings (SSSR count). The maximum absolute atomic E-state index is 10.7. The standard InChI is InChI=1S/C11H8N6O4S/c18-16(19)8-3-1-7(2-4-8)9-5-13-14-15(9)11-12-6-10(22-11)17(20)21/h1-4,6,9H,5H2. The normalized spacial score (nSPS) is 16.9. The summed E-state index contributed by atoms with van der Waals surface area (Å²) in [7, 11) is 0. The molecule has 1 aliphatic rings. The lowest BCUT2D eigenvalue weighted by Gasteiger charge is -2.18. The van der Waals surface area contributed by atoms with Gasteiger partial charge in [-0.25, -0.2) is 9.99 Å². The molecule has 10 nitrogen and oxygen atoms in total. The van der Waals surface area contributed by atoms with Crippen LogP contribution >= 0.6 is 11.3 Å². The summed E-state index contributed by atoms with van der Waals surface area (Å²) in [6, 6.07) is 5.75. The van der Waals surface area contributed by atoms with Gasteiger partial charge in [-0.05, 0) is 29.0 Å². The van der Waals surface area contributed by atoms with Crippen LogP contribution < -0.4 is 5.01 Å². The maximum Gasteiger partial charge on any atom is 0.345 e. The maximum atomic E-state index is 10.7.